The number of nitrogens with zero attached hydrogens (tertiary/aromatic N) is 5. The Morgan fingerprint density at radius 1 is 1.24 bits per heavy atom. The standard InChI is InChI=1S/C22H25N5O7/c1-26(22(30)31)11-16-24-25-20(34-16)17-19(28)23-15(10-9-12-7-8-12)27(21(17)29)18-13(32-2)5-4-6-14(18)33-3/h4-6,12,28H,7-11H2,1-3H3,(H,30,31). The third-order valence-corrected chi connectivity index (χ3v) is 5.61. The van der Waals surface area contributed by atoms with Crippen molar-refractivity contribution < 1.29 is 28.9 Å². The van der Waals surface area contributed by atoms with Crippen molar-refractivity contribution in [3.8, 4) is 34.5 Å². The number of hydrogen-bond acceptors (Lipinski definition) is 9. The number of aryl methyl sites for hydroxylation is 1. The molecule has 1 aromatic carbocycles. The van der Waals surface area contributed by atoms with E-state index < -0.39 is 17.5 Å². The van der Waals surface area contributed by atoms with E-state index in [-0.39, 0.29) is 23.9 Å². The van der Waals surface area contributed by atoms with Crippen LogP contribution in [-0.4, -0.2) is 62.2 Å². The molecule has 180 valence electrons. The Balaban J connectivity index is 1.87. The van der Waals surface area contributed by atoms with Crippen molar-refractivity contribution in [1.29, 1.82) is 0 Å². The van der Waals surface area contributed by atoms with E-state index in [0.717, 1.165) is 24.2 Å². The minimum Gasteiger partial charge on any atom is -0.494 e. The molecule has 1 aliphatic carbocycles. The molecule has 0 aliphatic heterocycles. The maximum Gasteiger partial charge on any atom is 0.407 e. The summed E-state index contributed by atoms with van der Waals surface area (Å²) in [7, 11) is 4.29. The number of rotatable bonds is 9. The average molecular weight is 471 g/mol. The van der Waals surface area contributed by atoms with Crippen molar-refractivity contribution in [3.05, 3.63) is 40.3 Å². The molecule has 12 heteroatoms. The van der Waals surface area contributed by atoms with Crippen LogP contribution in [0.4, 0.5) is 4.79 Å². The predicted molar refractivity (Wildman–Crippen MR) is 118 cm³/mol. The van der Waals surface area contributed by atoms with E-state index in [1.54, 1.807) is 18.2 Å². The Morgan fingerprint density at radius 3 is 2.50 bits per heavy atom. The molecule has 0 radical (unpaired) electrons. The molecule has 1 amide bonds. The van der Waals surface area contributed by atoms with Crippen LogP contribution in [0.2, 0.25) is 0 Å². The first-order valence-corrected chi connectivity index (χ1v) is 10.7. The van der Waals surface area contributed by atoms with E-state index in [1.807, 2.05) is 0 Å². The molecule has 3 aromatic rings. The van der Waals surface area contributed by atoms with Crippen molar-refractivity contribution in [2.24, 2.45) is 5.92 Å². The highest BCUT2D eigenvalue weighted by Gasteiger charge is 2.28. The fourth-order valence-corrected chi connectivity index (χ4v) is 3.62. The Hall–Kier alpha value is -4.09. The van der Waals surface area contributed by atoms with E-state index in [1.165, 1.54) is 25.8 Å². The molecule has 2 heterocycles. The predicted octanol–water partition coefficient (Wildman–Crippen LogP) is 2.46. The average Bonchev–Trinajstić information content (AvgIpc) is 3.54. The first kappa shape index (κ1) is 23.1. The number of methoxy groups -OCH3 is 2. The van der Waals surface area contributed by atoms with Crippen LogP contribution >= 0.6 is 0 Å². The summed E-state index contributed by atoms with van der Waals surface area (Å²) in [6.07, 6.45) is 2.33. The molecule has 1 fully saturated rings. The van der Waals surface area contributed by atoms with Crippen LogP contribution in [0.1, 0.15) is 31.0 Å². The number of amides is 1. The van der Waals surface area contributed by atoms with Gasteiger partial charge in [-0.05, 0) is 24.5 Å². The van der Waals surface area contributed by atoms with E-state index in [0.29, 0.717) is 35.3 Å². The number of hydrogen-bond donors (Lipinski definition) is 2. The van der Waals surface area contributed by atoms with Crippen LogP contribution in [0.15, 0.2) is 27.4 Å². The van der Waals surface area contributed by atoms with Gasteiger partial charge >= 0.3 is 6.09 Å². The molecule has 4 rings (SSSR count). The number of aromatic nitrogens is 4. The van der Waals surface area contributed by atoms with E-state index in [4.69, 9.17) is 19.0 Å². The Bertz CT molecular complexity index is 1240. The summed E-state index contributed by atoms with van der Waals surface area (Å²) in [5.41, 5.74) is -0.620. The number of carbonyl (C=O) groups is 1. The highest BCUT2D eigenvalue weighted by molar-refractivity contribution is 5.65. The fourth-order valence-electron chi connectivity index (χ4n) is 3.62. The molecular weight excluding hydrogens is 446 g/mol. The van der Waals surface area contributed by atoms with Gasteiger partial charge in [-0.2, -0.15) is 4.98 Å². The zero-order valence-corrected chi connectivity index (χ0v) is 19.0. The van der Waals surface area contributed by atoms with Crippen molar-refractivity contribution in [2.45, 2.75) is 32.2 Å². The van der Waals surface area contributed by atoms with Gasteiger partial charge in [0.05, 0.1) is 14.2 Å². The topological polar surface area (TPSA) is 153 Å². The van der Waals surface area contributed by atoms with Crippen LogP contribution in [-0.2, 0) is 13.0 Å². The largest absolute Gasteiger partial charge is 0.494 e. The first-order valence-electron chi connectivity index (χ1n) is 10.7. The smallest absolute Gasteiger partial charge is 0.407 e. The fraction of sp³-hybridized carbons (Fsp3) is 0.409. The zero-order valence-electron chi connectivity index (χ0n) is 19.0. The van der Waals surface area contributed by atoms with E-state index >= 15 is 0 Å². The van der Waals surface area contributed by atoms with Gasteiger partial charge in [-0.15, -0.1) is 10.2 Å². The minimum atomic E-state index is -1.19. The summed E-state index contributed by atoms with van der Waals surface area (Å²) in [4.78, 5) is 30.1. The highest BCUT2D eigenvalue weighted by atomic mass is 16.5. The molecule has 12 nitrogen and oxygen atoms in total. The molecule has 0 atom stereocenters. The Morgan fingerprint density at radius 2 is 1.91 bits per heavy atom. The highest BCUT2D eigenvalue weighted by Crippen LogP contribution is 2.36. The lowest BCUT2D eigenvalue weighted by Crippen LogP contribution is -2.26. The van der Waals surface area contributed by atoms with E-state index in [2.05, 4.69) is 15.2 Å². The van der Waals surface area contributed by atoms with Gasteiger partial charge in [-0.1, -0.05) is 18.9 Å². The minimum absolute atomic E-state index is 0.0436. The van der Waals surface area contributed by atoms with Crippen LogP contribution < -0.4 is 15.0 Å². The van der Waals surface area contributed by atoms with Gasteiger partial charge in [0.1, 0.15) is 29.6 Å². The lowest BCUT2D eigenvalue weighted by Gasteiger charge is -2.19. The molecule has 0 bridgehead atoms. The van der Waals surface area contributed by atoms with Gasteiger partial charge in [0.25, 0.3) is 11.4 Å². The summed E-state index contributed by atoms with van der Waals surface area (Å²) in [6, 6.07) is 5.11. The van der Waals surface area contributed by atoms with Crippen LogP contribution in [0, 0.1) is 5.92 Å². The number of carboxylic acid groups (broad SMARTS) is 1. The van der Waals surface area contributed by atoms with Crippen molar-refractivity contribution in [1.82, 2.24) is 24.6 Å². The SMILES string of the molecule is COc1cccc(OC)c1-n1c(CCC2CC2)nc(O)c(-c2nnc(CN(C)C(=O)O)o2)c1=O. The third-order valence-electron chi connectivity index (χ3n) is 5.61. The lowest BCUT2D eigenvalue weighted by molar-refractivity contribution is 0.150. The molecule has 0 unspecified atom stereocenters. The molecule has 2 N–H and O–H groups in total. The van der Waals surface area contributed by atoms with Crippen molar-refractivity contribution in [3.63, 3.8) is 0 Å². The molecule has 0 saturated heterocycles. The maximum absolute atomic E-state index is 13.8. The number of para-hydroxylation sites is 1. The van der Waals surface area contributed by atoms with Gasteiger partial charge in [0, 0.05) is 13.5 Å². The molecule has 34 heavy (non-hydrogen) atoms. The number of ether oxygens (including phenoxy) is 2. The summed E-state index contributed by atoms with van der Waals surface area (Å²) in [5.74, 6) is 0.785. The van der Waals surface area contributed by atoms with Gasteiger partial charge in [-0.25, -0.2) is 4.79 Å². The van der Waals surface area contributed by atoms with Gasteiger partial charge in [0.15, 0.2) is 5.56 Å². The summed E-state index contributed by atoms with van der Waals surface area (Å²) < 4.78 is 17.8. The molecule has 2 aromatic heterocycles. The number of benzene rings is 1. The van der Waals surface area contributed by atoms with Gasteiger partial charge < -0.3 is 29.0 Å². The third kappa shape index (κ3) is 4.51. The van der Waals surface area contributed by atoms with Crippen LogP contribution in [0.25, 0.3) is 17.1 Å². The van der Waals surface area contributed by atoms with Crippen molar-refractivity contribution >= 4 is 6.09 Å². The second-order valence-electron chi connectivity index (χ2n) is 8.00. The molecule has 1 aliphatic rings. The lowest BCUT2D eigenvalue weighted by atomic mass is 10.1. The van der Waals surface area contributed by atoms with E-state index in [9.17, 15) is 14.7 Å². The summed E-state index contributed by atoms with van der Waals surface area (Å²) in [5, 5.41) is 27.4. The second kappa shape index (κ2) is 9.41. The summed E-state index contributed by atoms with van der Waals surface area (Å²) >= 11 is 0. The first-order chi connectivity index (χ1) is 16.3. The quantitative estimate of drug-likeness (QED) is 0.476. The van der Waals surface area contributed by atoms with Gasteiger partial charge in [-0.3, -0.25) is 9.36 Å². The summed E-state index contributed by atoms with van der Waals surface area (Å²) in [6.45, 7) is -0.190. The van der Waals surface area contributed by atoms with Crippen LogP contribution in [0.5, 0.6) is 17.4 Å². The second-order valence-corrected chi connectivity index (χ2v) is 8.00. The van der Waals surface area contributed by atoms with Crippen LogP contribution in [0.3, 0.4) is 0 Å². The zero-order chi connectivity index (χ0) is 24.4. The molecule has 1 saturated carbocycles. The van der Waals surface area contributed by atoms with Crippen molar-refractivity contribution in [2.75, 3.05) is 21.3 Å². The molecule has 0 spiro atoms. The Labute approximate surface area is 194 Å². The van der Waals surface area contributed by atoms with Gasteiger partial charge in [0.2, 0.25) is 11.8 Å². The Kier molecular flexibility index (Phi) is 6.39. The number of aromatic hydroxyl groups is 1. The maximum atomic E-state index is 13.8. The molecular formula is C22H25N5O7. The monoisotopic (exact) mass is 471 g/mol. The normalized spacial score (nSPS) is 13.0.